The average Bonchev–Trinajstić information content (AvgIpc) is 2.46. The molecule has 0 spiro atoms. The van der Waals surface area contributed by atoms with Crippen molar-refractivity contribution < 1.29 is 28.2 Å². The van der Waals surface area contributed by atoms with Crippen molar-refractivity contribution >= 4 is 11.9 Å². The van der Waals surface area contributed by atoms with Gasteiger partial charge in [-0.15, -0.1) is 0 Å². The lowest BCUT2D eigenvalue weighted by molar-refractivity contribution is 0.0599. The van der Waals surface area contributed by atoms with Gasteiger partial charge in [0.15, 0.2) is 0 Å². The Hall–Kier alpha value is -2.76. The third kappa shape index (κ3) is 2.89. The Bertz CT molecular complexity index is 726. The van der Waals surface area contributed by atoms with Crippen molar-refractivity contribution in [1.82, 2.24) is 0 Å². The molecule has 0 fully saturated rings. The second-order valence-electron chi connectivity index (χ2n) is 4.19. The van der Waals surface area contributed by atoms with Crippen LogP contribution in [0.15, 0.2) is 36.4 Å². The van der Waals surface area contributed by atoms with Crippen molar-refractivity contribution in [3.8, 4) is 11.1 Å². The number of carbonyl (C=O) groups is 2. The van der Waals surface area contributed by atoms with Gasteiger partial charge in [-0.25, -0.2) is 18.4 Å². The zero-order valence-corrected chi connectivity index (χ0v) is 10.9. The first kappa shape index (κ1) is 14.6. The number of hydrogen-bond acceptors (Lipinski definition) is 3. The van der Waals surface area contributed by atoms with E-state index in [9.17, 15) is 18.4 Å². The highest BCUT2D eigenvalue weighted by Gasteiger charge is 2.15. The normalized spacial score (nSPS) is 10.2. The maximum atomic E-state index is 14.0. The molecule has 108 valence electrons. The molecule has 0 aliphatic rings. The summed E-state index contributed by atoms with van der Waals surface area (Å²) in [5.41, 5.74) is -0.267. The molecule has 1 N–H and O–H groups in total. The first-order valence-electron chi connectivity index (χ1n) is 5.85. The summed E-state index contributed by atoms with van der Waals surface area (Å²) in [7, 11) is 1.17. The molecular weight excluding hydrogens is 282 g/mol. The van der Waals surface area contributed by atoms with Gasteiger partial charge >= 0.3 is 11.9 Å². The molecule has 0 aromatic heterocycles. The molecule has 0 bridgehead atoms. The van der Waals surface area contributed by atoms with Crippen molar-refractivity contribution in [3.63, 3.8) is 0 Å². The Morgan fingerprint density at radius 2 is 1.76 bits per heavy atom. The minimum absolute atomic E-state index is 0.0271. The molecule has 2 rings (SSSR count). The third-order valence-electron chi connectivity index (χ3n) is 2.90. The molecule has 0 heterocycles. The number of rotatable bonds is 3. The quantitative estimate of drug-likeness (QED) is 0.883. The maximum absolute atomic E-state index is 14.0. The monoisotopic (exact) mass is 292 g/mol. The van der Waals surface area contributed by atoms with Gasteiger partial charge in [-0.05, 0) is 29.8 Å². The summed E-state index contributed by atoms with van der Waals surface area (Å²) in [6, 6.07) is 6.87. The number of halogens is 2. The fourth-order valence-corrected chi connectivity index (χ4v) is 1.85. The first-order chi connectivity index (χ1) is 9.93. The van der Waals surface area contributed by atoms with E-state index in [1.807, 2.05) is 0 Å². The van der Waals surface area contributed by atoms with Gasteiger partial charge in [-0.3, -0.25) is 0 Å². The number of ether oxygens (including phenoxy) is 1. The van der Waals surface area contributed by atoms with Gasteiger partial charge in [-0.2, -0.15) is 0 Å². The van der Waals surface area contributed by atoms with Crippen molar-refractivity contribution in [2.45, 2.75) is 0 Å². The molecule has 4 nitrogen and oxygen atoms in total. The SMILES string of the molecule is COC(=O)c1ccc(-c2ccc(F)c(C(=O)O)c2)c(F)c1. The maximum Gasteiger partial charge on any atom is 0.338 e. The molecule has 0 amide bonds. The smallest absolute Gasteiger partial charge is 0.338 e. The summed E-state index contributed by atoms with van der Waals surface area (Å²) in [6.07, 6.45) is 0. The van der Waals surface area contributed by atoms with E-state index in [1.165, 1.54) is 25.3 Å². The first-order valence-corrected chi connectivity index (χ1v) is 5.85. The zero-order valence-electron chi connectivity index (χ0n) is 10.9. The molecule has 0 unspecified atom stereocenters. The lowest BCUT2D eigenvalue weighted by Gasteiger charge is -2.07. The van der Waals surface area contributed by atoms with Gasteiger partial charge in [0.2, 0.25) is 0 Å². The van der Waals surface area contributed by atoms with Crippen LogP contribution in [0.5, 0.6) is 0 Å². The Kier molecular flexibility index (Phi) is 3.98. The lowest BCUT2D eigenvalue weighted by Crippen LogP contribution is -2.03. The summed E-state index contributed by atoms with van der Waals surface area (Å²) >= 11 is 0. The van der Waals surface area contributed by atoms with E-state index in [1.54, 1.807) is 0 Å². The fourth-order valence-electron chi connectivity index (χ4n) is 1.85. The molecule has 21 heavy (non-hydrogen) atoms. The minimum Gasteiger partial charge on any atom is -0.478 e. The predicted molar refractivity (Wildman–Crippen MR) is 70.1 cm³/mol. The van der Waals surface area contributed by atoms with Gasteiger partial charge < -0.3 is 9.84 Å². The molecule has 0 saturated carbocycles. The van der Waals surface area contributed by atoms with Crippen LogP contribution >= 0.6 is 0 Å². The van der Waals surface area contributed by atoms with E-state index in [4.69, 9.17) is 5.11 Å². The van der Waals surface area contributed by atoms with Crippen molar-refractivity contribution in [3.05, 3.63) is 59.2 Å². The van der Waals surface area contributed by atoms with Gasteiger partial charge in [0.1, 0.15) is 11.6 Å². The summed E-state index contributed by atoms with van der Waals surface area (Å²) in [6.45, 7) is 0. The van der Waals surface area contributed by atoms with Crippen LogP contribution in [0.3, 0.4) is 0 Å². The number of carboxylic acids is 1. The van der Waals surface area contributed by atoms with Crippen LogP contribution in [0.4, 0.5) is 8.78 Å². The minimum atomic E-state index is -1.44. The topological polar surface area (TPSA) is 63.6 Å². The number of hydrogen-bond donors (Lipinski definition) is 1. The highest BCUT2D eigenvalue weighted by atomic mass is 19.1. The average molecular weight is 292 g/mol. The van der Waals surface area contributed by atoms with Crippen LogP contribution in [0.25, 0.3) is 11.1 Å². The second kappa shape index (κ2) is 5.70. The Labute approximate surface area is 118 Å². The van der Waals surface area contributed by atoms with Gasteiger partial charge in [0.25, 0.3) is 0 Å². The van der Waals surface area contributed by atoms with E-state index in [0.29, 0.717) is 0 Å². The number of esters is 1. The Balaban J connectivity index is 2.50. The summed E-state index contributed by atoms with van der Waals surface area (Å²) in [5.74, 6) is -3.77. The summed E-state index contributed by atoms with van der Waals surface area (Å²) < 4.78 is 31.8. The molecule has 2 aromatic rings. The van der Waals surface area contributed by atoms with Crippen LogP contribution in [0, 0.1) is 11.6 Å². The summed E-state index contributed by atoms with van der Waals surface area (Å²) in [5, 5.41) is 8.86. The predicted octanol–water partition coefficient (Wildman–Crippen LogP) is 3.12. The fraction of sp³-hybridized carbons (Fsp3) is 0.0667. The van der Waals surface area contributed by atoms with Crippen LogP contribution in [-0.4, -0.2) is 24.2 Å². The van der Waals surface area contributed by atoms with Crippen LogP contribution < -0.4 is 0 Å². The van der Waals surface area contributed by atoms with Crippen molar-refractivity contribution in [2.75, 3.05) is 7.11 Å². The molecule has 0 radical (unpaired) electrons. The summed E-state index contributed by atoms with van der Waals surface area (Å²) in [4.78, 5) is 22.2. The molecule has 0 aliphatic heterocycles. The molecule has 6 heteroatoms. The highest BCUT2D eigenvalue weighted by molar-refractivity contribution is 5.91. The second-order valence-corrected chi connectivity index (χ2v) is 4.19. The molecule has 0 saturated heterocycles. The van der Waals surface area contributed by atoms with Crippen LogP contribution in [0.2, 0.25) is 0 Å². The molecule has 0 aliphatic carbocycles. The van der Waals surface area contributed by atoms with E-state index >= 15 is 0 Å². The van der Waals surface area contributed by atoms with Crippen molar-refractivity contribution in [1.29, 1.82) is 0 Å². The van der Waals surface area contributed by atoms with E-state index in [0.717, 1.165) is 18.2 Å². The third-order valence-corrected chi connectivity index (χ3v) is 2.90. The van der Waals surface area contributed by atoms with Crippen LogP contribution in [-0.2, 0) is 4.74 Å². The van der Waals surface area contributed by atoms with Crippen LogP contribution in [0.1, 0.15) is 20.7 Å². The Morgan fingerprint density at radius 1 is 1.05 bits per heavy atom. The van der Waals surface area contributed by atoms with Gasteiger partial charge in [-0.1, -0.05) is 12.1 Å². The number of aromatic carboxylic acids is 1. The lowest BCUT2D eigenvalue weighted by atomic mass is 10.0. The van der Waals surface area contributed by atoms with E-state index in [-0.39, 0.29) is 16.7 Å². The number of carbonyl (C=O) groups excluding carboxylic acids is 1. The number of methoxy groups -OCH3 is 1. The largest absolute Gasteiger partial charge is 0.478 e. The highest BCUT2D eigenvalue weighted by Crippen LogP contribution is 2.26. The Morgan fingerprint density at radius 3 is 2.33 bits per heavy atom. The molecule has 0 atom stereocenters. The van der Waals surface area contributed by atoms with E-state index < -0.39 is 29.1 Å². The van der Waals surface area contributed by atoms with Crippen molar-refractivity contribution in [2.24, 2.45) is 0 Å². The van der Waals surface area contributed by atoms with Gasteiger partial charge in [0.05, 0.1) is 18.2 Å². The number of benzene rings is 2. The van der Waals surface area contributed by atoms with E-state index in [2.05, 4.69) is 4.74 Å². The standard InChI is InChI=1S/C15H10F2O4/c1-21-15(20)9-2-4-10(13(17)7-9)8-3-5-12(16)11(6-8)14(18)19/h2-7H,1H3,(H,18,19). The molecule has 2 aromatic carbocycles. The zero-order chi connectivity index (χ0) is 15.6. The van der Waals surface area contributed by atoms with Gasteiger partial charge in [0, 0.05) is 5.56 Å². The molecular formula is C15H10F2O4. The number of carboxylic acid groups (broad SMARTS) is 1.